The molecule has 1 heterocycles. The minimum atomic E-state index is -0.254. The number of aryl methyl sites for hydroxylation is 1. The zero-order valence-electron chi connectivity index (χ0n) is 14.7. The van der Waals surface area contributed by atoms with Crippen molar-refractivity contribution in [3.05, 3.63) is 95.7 Å². The summed E-state index contributed by atoms with van der Waals surface area (Å²) < 4.78 is 0. The van der Waals surface area contributed by atoms with Gasteiger partial charge in [0.1, 0.15) is 11.5 Å². The first-order chi connectivity index (χ1) is 12.5. The van der Waals surface area contributed by atoms with Crippen molar-refractivity contribution in [2.75, 3.05) is 5.32 Å². The Balaban J connectivity index is 2.04. The van der Waals surface area contributed by atoms with Crippen LogP contribution in [-0.2, 0) is 6.54 Å². The fourth-order valence-electron chi connectivity index (χ4n) is 2.18. The molecule has 6 heteroatoms. The summed E-state index contributed by atoms with van der Waals surface area (Å²) in [7, 11) is 0. The second-order valence-corrected chi connectivity index (χ2v) is 5.69. The van der Waals surface area contributed by atoms with E-state index in [0.29, 0.717) is 23.6 Å². The van der Waals surface area contributed by atoms with Gasteiger partial charge in [-0.1, -0.05) is 36.9 Å². The standard InChI is InChI=1S/C20H23N5O/c1-3-4-8-17(19(21)22)24-13-15-6-5-7-16(11-15)25-20(26)18-10-9-14(2)12-23-18/h3-12,24H,1,13,21-22H2,2H3,(H,25,26)/b8-4-. The largest absolute Gasteiger partial charge is 0.384 e. The number of rotatable bonds is 7. The molecule has 0 bridgehead atoms. The molecule has 1 amide bonds. The molecule has 6 N–H and O–H groups in total. The van der Waals surface area contributed by atoms with E-state index in [0.717, 1.165) is 11.1 Å². The second-order valence-electron chi connectivity index (χ2n) is 5.69. The maximum absolute atomic E-state index is 12.3. The van der Waals surface area contributed by atoms with Crippen molar-refractivity contribution in [1.82, 2.24) is 10.3 Å². The molecule has 0 aliphatic rings. The van der Waals surface area contributed by atoms with E-state index in [2.05, 4.69) is 22.2 Å². The van der Waals surface area contributed by atoms with Gasteiger partial charge in [0, 0.05) is 18.4 Å². The first kappa shape index (κ1) is 18.8. The van der Waals surface area contributed by atoms with Crippen LogP contribution in [0.5, 0.6) is 0 Å². The molecular formula is C20H23N5O. The van der Waals surface area contributed by atoms with Crippen LogP contribution in [0.15, 0.2) is 78.9 Å². The average molecular weight is 349 g/mol. The zero-order valence-corrected chi connectivity index (χ0v) is 14.7. The number of allylic oxidation sites excluding steroid dienone is 3. The smallest absolute Gasteiger partial charge is 0.274 e. The highest BCUT2D eigenvalue weighted by atomic mass is 16.1. The number of nitrogens with two attached hydrogens (primary N) is 2. The minimum Gasteiger partial charge on any atom is -0.384 e. The Hall–Kier alpha value is -3.54. The van der Waals surface area contributed by atoms with Gasteiger partial charge in [-0.15, -0.1) is 0 Å². The minimum absolute atomic E-state index is 0.193. The van der Waals surface area contributed by atoms with Gasteiger partial charge >= 0.3 is 0 Å². The highest BCUT2D eigenvalue weighted by Crippen LogP contribution is 2.12. The molecule has 2 aromatic rings. The number of carbonyl (C=O) groups is 1. The van der Waals surface area contributed by atoms with Crippen LogP contribution in [0, 0.1) is 6.92 Å². The Morgan fingerprint density at radius 3 is 2.73 bits per heavy atom. The number of amides is 1. The number of pyridine rings is 1. The highest BCUT2D eigenvalue weighted by Gasteiger charge is 2.07. The lowest BCUT2D eigenvalue weighted by Crippen LogP contribution is -2.21. The summed E-state index contributed by atoms with van der Waals surface area (Å²) in [5.74, 6) is -0.0613. The van der Waals surface area contributed by atoms with Crippen LogP contribution in [0.3, 0.4) is 0 Å². The van der Waals surface area contributed by atoms with Gasteiger partial charge in [-0.25, -0.2) is 0 Å². The first-order valence-electron chi connectivity index (χ1n) is 8.10. The molecule has 1 aromatic carbocycles. The number of nitrogens with zero attached hydrogens (tertiary/aromatic N) is 1. The predicted molar refractivity (Wildman–Crippen MR) is 105 cm³/mol. The van der Waals surface area contributed by atoms with Crippen molar-refractivity contribution in [2.24, 2.45) is 11.5 Å². The maximum Gasteiger partial charge on any atom is 0.274 e. The first-order valence-corrected chi connectivity index (χ1v) is 8.10. The molecule has 0 atom stereocenters. The van der Waals surface area contributed by atoms with Crippen LogP contribution in [-0.4, -0.2) is 10.9 Å². The van der Waals surface area contributed by atoms with E-state index in [-0.39, 0.29) is 11.7 Å². The van der Waals surface area contributed by atoms with E-state index < -0.39 is 0 Å². The Bertz CT molecular complexity index is 834. The van der Waals surface area contributed by atoms with Crippen molar-refractivity contribution in [3.63, 3.8) is 0 Å². The third kappa shape index (κ3) is 5.52. The second kappa shape index (κ2) is 9.08. The van der Waals surface area contributed by atoms with E-state index in [1.165, 1.54) is 0 Å². The molecule has 0 fully saturated rings. The van der Waals surface area contributed by atoms with Crippen molar-refractivity contribution < 1.29 is 4.79 Å². The summed E-state index contributed by atoms with van der Waals surface area (Å²) in [5, 5.41) is 6.00. The van der Waals surface area contributed by atoms with Crippen molar-refractivity contribution in [2.45, 2.75) is 13.5 Å². The summed E-state index contributed by atoms with van der Waals surface area (Å²) in [6.45, 7) is 6.04. The van der Waals surface area contributed by atoms with Gasteiger partial charge in [0.25, 0.3) is 5.91 Å². The maximum atomic E-state index is 12.3. The molecule has 0 aliphatic carbocycles. The molecule has 0 saturated carbocycles. The van der Waals surface area contributed by atoms with E-state index >= 15 is 0 Å². The summed E-state index contributed by atoms with van der Waals surface area (Å²) in [6.07, 6.45) is 6.79. The number of hydrogen-bond donors (Lipinski definition) is 4. The van der Waals surface area contributed by atoms with E-state index in [1.807, 2.05) is 37.3 Å². The number of aromatic nitrogens is 1. The molecule has 6 nitrogen and oxygen atoms in total. The van der Waals surface area contributed by atoms with Crippen molar-refractivity contribution in [3.8, 4) is 0 Å². The number of nitrogens with one attached hydrogen (secondary N) is 2. The van der Waals surface area contributed by atoms with Crippen LogP contribution < -0.4 is 22.1 Å². The molecule has 2 rings (SSSR count). The van der Waals surface area contributed by atoms with Crippen molar-refractivity contribution >= 4 is 11.6 Å². The normalized spacial score (nSPS) is 10.3. The van der Waals surface area contributed by atoms with Gasteiger partial charge in [-0.05, 0) is 42.3 Å². The molecule has 0 spiro atoms. The molecule has 26 heavy (non-hydrogen) atoms. The molecule has 0 aliphatic heterocycles. The molecule has 0 saturated heterocycles. The third-order valence-corrected chi connectivity index (χ3v) is 3.52. The Morgan fingerprint density at radius 1 is 1.27 bits per heavy atom. The van der Waals surface area contributed by atoms with E-state index in [9.17, 15) is 4.79 Å². The summed E-state index contributed by atoms with van der Waals surface area (Å²) in [6, 6.07) is 11.0. The van der Waals surface area contributed by atoms with E-state index in [4.69, 9.17) is 11.5 Å². The van der Waals surface area contributed by atoms with Crippen LogP contribution in [0.4, 0.5) is 5.69 Å². The molecular weight excluding hydrogens is 326 g/mol. The SMILES string of the molecule is C=C/C=C\C(NCc1cccc(NC(=O)c2ccc(C)cn2)c1)=C(N)N. The van der Waals surface area contributed by atoms with Gasteiger partial charge in [-0.2, -0.15) is 0 Å². The van der Waals surface area contributed by atoms with E-state index in [1.54, 1.807) is 30.5 Å². The topological polar surface area (TPSA) is 106 Å². The monoisotopic (exact) mass is 349 g/mol. The lowest BCUT2D eigenvalue weighted by atomic mass is 10.2. The summed E-state index contributed by atoms with van der Waals surface area (Å²) in [4.78, 5) is 16.4. The molecule has 0 unspecified atom stereocenters. The van der Waals surface area contributed by atoms with Crippen LogP contribution in [0.1, 0.15) is 21.6 Å². The predicted octanol–water partition coefficient (Wildman–Crippen LogP) is 2.56. The van der Waals surface area contributed by atoms with Gasteiger partial charge < -0.3 is 22.1 Å². The zero-order chi connectivity index (χ0) is 18.9. The number of carbonyl (C=O) groups excluding carboxylic acids is 1. The Kier molecular flexibility index (Phi) is 6.56. The Labute approximate surface area is 153 Å². The fraction of sp³-hybridized carbons (Fsp3) is 0.100. The lowest BCUT2D eigenvalue weighted by Gasteiger charge is -2.11. The fourth-order valence-corrected chi connectivity index (χ4v) is 2.18. The van der Waals surface area contributed by atoms with Gasteiger partial charge in [-0.3, -0.25) is 9.78 Å². The number of anilines is 1. The lowest BCUT2D eigenvalue weighted by molar-refractivity contribution is 0.102. The van der Waals surface area contributed by atoms with Crippen LogP contribution in [0.2, 0.25) is 0 Å². The number of benzene rings is 1. The summed E-state index contributed by atoms with van der Waals surface area (Å²) >= 11 is 0. The Morgan fingerprint density at radius 2 is 2.08 bits per heavy atom. The van der Waals surface area contributed by atoms with Crippen LogP contribution >= 0.6 is 0 Å². The number of hydrogen-bond acceptors (Lipinski definition) is 5. The third-order valence-electron chi connectivity index (χ3n) is 3.52. The molecule has 134 valence electrons. The summed E-state index contributed by atoms with van der Waals surface area (Å²) in [5.41, 5.74) is 15.0. The van der Waals surface area contributed by atoms with Crippen LogP contribution in [0.25, 0.3) is 0 Å². The quantitative estimate of drug-likeness (QED) is 0.575. The molecule has 1 aromatic heterocycles. The molecule has 0 radical (unpaired) electrons. The highest BCUT2D eigenvalue weighted by molar-refractivity contribution is 6.02. The van der Waals surface area contributed by atoms with Gasteiger partial charge in [0.15, 0.2) is 0 Å². The van der Waals surface area contributed by atoms with Crippen molar-refractivity contribution in [1.29, 1.82) is 0 Å². The van der Waals surface area contributed by atoms with Gasteiger partial charge in [0.05, 0.1) is 5.70 Å². The van der Waals surface area contributed by atoms with Gasteiger partial charge in [0.2, 0.25) is 0 Å². The average Bonchev–Trinajstić information content (AvgIpc) is 2.62.